The van der Waals surface area contributed by atoms with Crippen molar-refractivity contribution in [3.05, 3.63) is 65.2 Å². The zero-order valence-corrected chi connectivity index (χ0v) is 13.5. The number of halogens is 1. The normalized spacial score (nSPS) is 13.3. The van der Waals surface area contributed by atoms with Crippen LogP contribution in [0.25, 0.3) is 0 Å². The highest BCUT2D eigenvalue weighted by atomic mass is 35.5. The van der Waals surface area contributed by atoms with Gasteiger partial charge in [0.2, 0.25) is 10.0 Å². The molecular formula is C16H18ClNO2S. The minimum atomic E-state index is -3.55. The molecule has 0 aliphatic rings. The van der Waals surface area contributed by atoms with Gasteiger partial charge in [0.25, 0.3) is 0 Å². The van der Waals surface area contributed by atoms with Gasteiger partial charge in [-0.15, -0.1) is 0 Å². The lowest BCUT2D eigenvalue weighted by Gasteiger charge is -2.23. The number of hydrogen-bond donors (Lipinski definition) is 1. The van der Waals surface area contributed by atoms with Gasteiger partial charge in [-0.3, -0.25) is 0 Å². The van der Waals surface area contributed by atoms with Crippen molar-refractivity contribution in [1.82, 2.24) is 4.72 Å². The van der Waals surface area contributed by atoms with Crippen molar-refractivity contribution < 1.29 is 8.42 Å². The second-order valence-electron chi connectivity index (χ2n) is 5.21. The third-order valence-electron chi connectivity index (χ3n) is 3.23. The first-order valence-corrected chi connectivity index (χ1v) is 8.59. The Morgan fingerprint density at radius 2 is 1.52 bits per heavy atom. The predicted octanol–water partition coefficient (Wildman–Crippen LogP) is 4.02. The van der Waals surface area contributed by atoms with Crippen molar-refractivity contribution in [3.63, 3.8) is 0 Å². The predicted molar refractivity (Wildman–Crippen MR) is 85.8 cm³/mol. The van der Waals surface area contributed by atoms with Gasteiger partial charge in [0, 0.05) is 11.1 Å². The maximum Gasteiger partial charge on any atom is 0.241 e. The molecule has 0 aliphatic heterocycles. The maximum absolute atomic E-state index is 12.5. The van der Waals surface area contributed by atoms with Gasteiger partial charge in [0.05, 0.1) is 4.90 Å². The molecule has 1 N–H and O–H groups in total. The van der Waals surface area contributed by atoms with E-state index in [4.69, 9.17) is 11.6 Å². The van der Waals surface area contributed by atoms with Crippen LogP contribution in [0.5, 0.6) is 0 Å². The summed E-state index contributed by atoms with van der Waals surface area (Å²) in [7, 11) is -3.55. The molecule has 0 saturated heterocycles. The summed E-state index contributed by atoms with van der Waals surface area (Å²) in [5.41, 5.74) is 0.897. The number of nitrogens with one attached hydrogen (secondary N) is 1. The molecule has 1 unspecified atom stereocenters. The van der Waals surface area contributed by atoms with Crippen molar-refractivity contribution >= 4 is 21.6 Å². The Morgan fingerprint density at radius 3 is 2.05 bits per heavy atom. The number of benzene rings is 2. The monoisotopic (exact) mass is 323 g/mol. The van der Waals surface area contributed by atoms with Gasteiger partial charge < -0.3 is 0 Å². The van der Waals surface area contributed by atoms with Crippen LogP contribution >= 0.6 is 11.6 Å². The molecule has 112 valence electrons. The topological polar surface area (TPSA) is 46.2 Å². The molecule has 3 nitrogen and oxygen atoms in total. The van der Waals surface area contributed by atoms with Gasteiger partial charge in [0.1, 0.15) is 0 Å². The van der Waals surface area contributed by atoms with E-state index in [0.29, 0.717) is 5.02 Å². The van der Waals surface area contributed by atoms with E-state index in [2.05, 4.69) is 4.72 Å². The second-order valence-corrected chi connectivity index (χ2v) is 7.36. The Kier molecular flexibility index (Phi) is 5.04. The Morgan fingerprint density at radius 1 is 0.952 bits per heavy atom. The van der Waals surface area contributed by atoms with Gasteiger partial charge >= 0.3 is 0 Å². The van der Waals surface area contributed by atoms with Crippen molar-refractivity contribution in [2.45, 2.75) is 24.8 Å². The molecular weight excluding hydrogens is 306 g/mol. The van der Waals surface area contributed by atoms with E-state index in [9.17, 15) is 8.42 Å². The SMILES string of the molecule is CC(C)C(NS(=O)(=O)c1ccccc1)c1ccc(Cl)cc1. The van der Waals surface area contributed by atoms with Crippen LogP contribution in [0.3, 0.4) is 0 Å². The van der Waals surface area contributed by atoms with Crippen LogP contribution in [0.15, 0.2) is 59.5 Å². The van der Waals surface area contributed by atoms with Crippen LogP contribution < -0.4 is 4.72 Å². The standard InChI is InChI=1S/C16H18ClNO2S/c1-12(2)16(13-8-10-14(17)11-9-13)18-21(19,20)15-6-4-3-5-7-15/h3-12,16,18H,1-2H3. The fraction of sp³-hybridized carbons (Fsp3) is 0.250. The van der Waals surface area contributed by atoms with Gasteiger partial charge in [-0.05, 0) is 35.7 Å². The molecule has 0 fully saturated rings. The fourth-order valence-electron chi connectivity index (χ4n) is 2.09. The van der Waals surface area contributed by atoms with Crippen molar-refractivity contribution in [3.8, 4) is 0 Å². The number of sulfonamides is 1. The van der Waals surface area contributed by atoms with Crippen LogP contribution in [0, 0.1) is 5.92 Å². The molecule has 0 heterocycles. The third kappa shape index (κ3) is 4.06. The Bertz CT molecular complexity index is 682. The van der Waals surface area contributed by atoms with Crippen molar-refractivity contribution in [1.29, 1.82) is 0 Å². The van der Waals surface area contributed by atoms with Gasteiger partial charge in [-0.1, -0.05) is 55.8 Å². The molecule has 0 saturated carbocycles. The van der Waals surface area contributed by atoms with Crippen LogP contribution in [-0.2, 0) is 10.0 Å². The molecule has 0 aromatic heterocycles. The average molecular weight is 324 g/mol. The Balaban J connectivity index is 2.31. The molecule has 2 rings (SSSR count). The van der Waals surface area contributed by atoms with Gasteiger partial charge in [0.15, 0.2) is 0 Å². The van der Waals surface area contributed by atoms with Crippen LogP contribution in [0.2, 0.25) is 5.02 Å². The minimum absolute atomic E-state index is 0.115. The molecule has 2 aromatic rings. The highest BCUT2D eigenvalue weighted by Gasteiger charge is 2.23. The number of hydrogen-bond acceptors (Lipinski definition) is 2. The summed E-state index contributed by atoms with van der Waals surface area (Å²) in [4.78, 5) is 0.268. The van der Waals surface area contributed by atoms with E-state index < -0.39 is 10.0 Å². The summed E-state index contributed by atoms with van der Waals surface area (Å²) in [5, 5.41) is 0.632. The van der Waals surface area contributed by atoms with E-state index in [1.54, 1.807) is 42.5 Å². The zero-order chi connectivity index (χ0) is 15.5. The molecule has 0 bridgehead atoms. The maximum atomic E-state index is 12.5. The van der Waals surface area contributed by atoms with Crippen LogP contribution in [0.4, 0.5) is 0 Å². The molecule has 0 spiro atoms. The highest BCUT2D eigenvalue weighted by molar-refractivity contribution is 7.89. The molecule has 21 heavy (non-hydrogen) atoms. The Labute approximate surface area is 131 Å². The van der Waals surface area contributed by atoms with Gasteiger partial charge in [-0.2, -0.15) is 0 Å². The van der Waals surface area contributed by atoms with Gasteiger partial charge in [-0.25, -0.2) is 13.1 Å². The van der Waals surface area contributed by atoms with Crippen LogP contribution in [0.1, 0.15) is 25.5 Å². The van der Waals surface area contributed by atoms with E-state index in [1.807, 2.05) is 26.0 Å². The summed E-state index contributed by atoms with van der Waals surface area (Å²) in [6, 6.07) is 15.3. The first-order valence-electron chi connectivity index (χ1n) is 6.73. The minimum Gasteiger partial charge on any atom is -0.207 e. The first kappa shape index (κ1) is 16.0. The fourth-order valence-corrected chi connectivity index (χ4v) is 3.61. The summed E-state index contributed by atoms with van der Waals surface area (Å²) in [5.74, 6) is 0.115. The van der Waals surface area contributed by atoms with Crippen LogP contribution in [-0.4, -0.2) is 8.42 Å². The summed E-state index contributed by atoms with van der Waals surface area (Å²) in [6.45, 7) is 3.96. The summed E-state index contributed by atoms with van der Waals surface area (Å²) >= 11 is 5.89. The van der Waals surface area contributed by atoms with Crippen molar-refractivity contribution in [2.24, 2.45) is 5.92 Å². The van der Waals surface area contributed by atoms with Crippen molar-refractivity contribution in [2.75, 3.05) is 0 Å². The van der Waals surface area contributed by atoms with E-state index in [1.165, 1.54) is 0 Å². The third-order valence-corrected chi connectivity index (χ3v) is 4.94. The largest absolute Gasteiger partial charge is 0.241 e. The molecule has 0 radical (unpaired) electrons. The lowest BCUT2D eigenvalue weighted by atomic mass is 9.97. The number of rotatable bonds is 5. The smallest absolute Gasteiger partial charge is 0.207 e. The molecule has 1 atom stereocenters. The molecule has 2 aromatic carbocycles. The molecule has 5 heteroatoms. The molecule has 0 amide bonds. The molecule has 0 aliphatic carbocycles. The summed E-state index contributed by atoms with van der Waals surface area (Å²) < 4.78 is 27.7. The quantitative estimate of drug-likeness (QED) is 0.903. The van der Waals surface area contributed by atoms with E-state index in [0.717, 1.165) is 5.56 Å². The van der Waals surface area contributed by atoms with E-state index in [-0.39, 0.29) is 16.9 Å². The Hall–Kier alpha value is -1.36. The lowest BCUT2D eigenvalue weighted by Crippen LogP contribution is -2.31. The first-order chi connectivity index (χ1) is 9.90. The zero-order valence-electron chi connectivity index (χ0n) is 12.0. The average Bonchev–Trinajstić information content (AvgIpc) is 2.47. The highest BCUT2D eigenvalue weighted by Crippen LogP contribution is 2.25. The van der Waals surface area contributed by atoms with E-state index >= 15 is 0 Å². The lowest BCUT2D eigenvalue weighted by molar-refractivity contribution is 0.463. The second kappa shape index (κ2) is 6.60. The summed E-state index contributed by atoms with van der Waals surface area (Å²) in [6.07, 6.45) is 0.